The highest BCUT2D eigenvalue weighted by atomic mass is 35.5. The lowest BCUT2D eigenvalue weighted by molar-refractivity contribution is 0.0497. The van der Waals surface area contributed by atoms with Crippen molar-refractivity contribution in [2.45, 2.75) is 52.4 Å². The molecule has 0 aromatic heterocycles. The molecule has 0 saturated heterocycles. The number of carbonyl (C=O) groups excluding carboxylic acids is 3. The van der Waals surface area contributed by atoms with Crippen LogP contribution in [-0.2, 0) is 4.74 Å². The average molecular weight is 428 g/mol. The molecule has 30 heavy (non-hydrogen) atoms. The Labute approximate surface area is 182 Å². The fourth-order valence-electron chi connectivity index (χ4n) is 3.45. The lowest BCUT2D eigenvalue weighted by atomic mass is 10.1. The van der Waals surface area contributed by atoms with E-state index in [0.717, 1.165) is 29.7 Å². The van der Waals surface area contributed by atoms with E-state index in [9.17, 15) is 14.4 Å². The standard InChI is InChI=1S/C24H26ClNO4/c1-3-4-5-6-7-8-13-30-24(29)17-10-12-19-20(14-17)23(28)26(22(19)27)18-11-9-16(2)21(25)15-18/h9-12,14-15H,3-8,13H2,1-2H3. The molecule has 0 N–H and O–H groups in total. The third-order valence-corrected chi connectivity index (χ3v) is 5.67. The second-order valence-electron chi connectivity index (χ2n) is 7.54. The number of aryl methyl sites for hydroxylation is 1. The number of ether oxygens (including phenoxy) is 1. The normalized spacial score (nSPS) is 13.0. The Kier molecular flexibility index (Phi) is 7.27. The molecule has 0 spiro atoms. The highest BCUT2D eigenvalue weighted by Crippen LogP contribution is 2.31. The molecule has 0 unspecified atom stereocenters. The number of amides is 2. The number of anilines is 1. The van der Waals surface area contributed by atoms with Crippen molar-refractivity contribution in [3.05, 3.63) is 63.7 Å². The van der Waals surface area contributed by atoms with Crippen LogP contribution >= 0.6 is 11.6 Å². The van der Waals surface area contributed by atoms with Crippen molar-refractivity contribution in [2.24, 2.45) is 0 Å². The van der Waals surface area contributed by atoms with E-state index in [4.69, 9.17) is 16.3 Å². The number of imide groups is 1. The van der Waals surface area contributed by atoms with Crippen LogP contribution in [0, 0.1) is 6.92 Å². The third-order valence-electron chi connectivity index (χ3n) is 5.27. The highest BCUT2D eigenvalue weighted by Gasteiger charge is 2.37. The van der Waals surface area contributed by atoms with Crippen molar-refractivity contribution < 1.29 is 19.1 Å². The molecule has 0 radical (unpaired) electrons. The molecule has 0 bridgehead atoms. The predicted octanol–water partition coefficient (Wildman–Crippen LogP) is 5.97. The Morgan fingerprint density at radius 1 is 0.933 bits per heavy atom. The molecule has 1 aliphatic heterocycles. The molecule has 6 heteroatoms. The molecule has 0 aliphatic carbocycles. The maximum absolute atomic E-state index is 12.9. The van der Waals surface area contributed by atoms with Crippen molar-refractivity contribution in [1.82, 2.24) is 0 Å². The summed E-state index contributed by atoms with van der Waals surface area (Å²) < 4.78 is 5.33. The van der Waals surface area contributed by atoms with Crippen LogP contribution < -0.4 is 4.90 Å². The maximum Gasteiger partial charge on any atom is 0.338 e. The lowest BCUT2D eigenvalue weighted by Gasteiger charge is -2.14. The van der Waals surface area contributed by atoms with Crippen LogP contribution in [-0.4, -0.2) is 24.4 Å². The van der Waals surface area contributed by atoms with Crippen LogP contribution in [0.1, 0.15) is 82.1 Å². The molecule has 5 nitrogen and oxygen atoms in total. The Morgan fingerprint density at radius 2 is 1.63 bits per heavy atom. The van der Waals surface area contributed by atoms with Crippen molar-refractivity contribution in [3.8, 4) is 0 Å². The zero-order chi connectivity index (χ0) is 21.7. The van der Waals surface area contributed by atoms with E-state index in [1.54, 1.807) is 18.2 Å². The third kappa shape index (κ3) is 4.73. The molecule has 2 amide bonds. The molecule has 0 fully saturated rings. The second kappa shape index (κ2) is 9.90. The number of esters is 1. The van der Waals surface area contributed by atoms with Crippen LogP contribution in [0.25, 0.3) is 0 Å². The van der Waals surface area contributed by atoms with Crippen LogP contribution in [0.4, 0.5) is 5.69 Å². The largest absolute Gasteiger partial charge is 0.462 e. The van der Waals surface area contributed by atoms with Gasteiger partial charge in [0.15, 0.2) is 0 Å². The van der Waals surface area contributed by atoms with E-state index >= 15 is 0 Å². The fourth-order valence-corrected chi connectivity index (χ4v) is 3.63. The quantitative estimate of drug-likeness (QED) is 0.281. The smallest absolute Gasteiger partial charge is 0.338 e. The number of unbranched alkanes of at least 4 members (excludes halogenated alkanes) is 5. The van der Waals surface area contributed by atoms with Gasteiger partial charge in [0.25, 0.3) is 11.8 Å². The highest BCUT2D eigenvalue weighted by molar-refractivity contribution is 6.36. The molecule has 1 aliphatic rings. The van der Waals surface area contributed by atoms with Gasteiger partial charge >= 0.3 is 5.97 Å². The van der Waals surface area contributed by atoms with Gasteiger partial charge in [0.05, 0.1) is 29.0 Å². The number of fused-ring (bicyclic) bond motifs is 1. The average Bonchev–Trinajstić information content (AvgIpc) is 2.99. The summed E-state index contributed by atoms with van der Waals surface area (Å²) in [4.78, 5) is 39.1. The summed E-state index contributed by atoms with van der Waals surface area (Å²) in [6.45, 7) is 4.37. The van der Waals surface area contributed by atoms with Gasteiger partial charge in [0.1, 0.15) is 0 Å². The number of hydrogen-bond acceptors (Lipinski definition) is 4. The first-order chi connectivity index (χ1) is 14.4. The summed E-state index contributed by atoms with van der Waals surface area (Å²) in [5, 5.41) is 0.475. The van der Waals surface area contributed by atoms with E-state index in [-0.39, 0.29) is 16.7 Å². The molecule has 0 atom stereocenters. The fraction of sp³-hybridized carbons (Fsp3) is 0.375. The van der Waals surface area contributed by atoms with Gasteiger partial charge in [-0.05, 0) is 49.2 Å². The Balaban J connectivity index is 1.66. The van der Waals surface area contributed by atoms with Crippen molar-refractivity contribution >= 4 is 35.1 Å². The molecule has 3 rings (SSSR count). The molecular formula is C24H26ClNO4. The number of nitrogens with zero attached hydrogens (tertiary/aromatic N) is 1. The van der Waals surface area contributed by atoms with Gasteiger partial charge in [-0.2, -0.15) is 0 Å². The van der Waals surface area contributed by atoms with Crippen LogP contribution in [0.3, 0.4) is 0 Å². The minimum Gasteiger partial charge on any atom is -0.462 e. The van der Waals surface area contributed by atoms with Crippen molar-refractivity contribution in [2.75, 3.05) is 11.5 Å². The van der Waals surface area contributed by atoms with Gasteiger partial charge in [-0.3, -0.25) is 9.59 Å². The van der Waals surface area contributed by atoms with E-state index in [2.05, 4.69) is 6.92 Å². The summed E-state index contributed by atoms with van der Waals surface area (Å²) in [5.41, 5.74) is 2.00. The first-order valence-corrected chi connectivity index (χ1v) is 10.8. The molecule has 2 aromatic rings. The Morgan fingerprint density at radius 3 is 2.37 bits per heavy atom. The van der Waals surface area contributed by atoms with E-state index < -0.39 is 17.8 Å². The first-order valence-electron chi connectivity index (χ1n) is 10.4. The Bertz CT molecular complexity index is 970. The minimum absolute atomic E-state index is 0.200. The summed E-state index contributed by atoms with van der Waals surface area (Å²) in [6, 6.07) is 9.50. The van der Waals surface area contributed by atoms with Crippen molar-refractivity contribution in [1.29, 1.82) is 0 Å². The number of benzene rings is 2. The summed E-state index contributed by atoms with van der Waals surface area (Å²) in [7, 11) is 0. The van der Waals surface area contributed by atoms with Gasteiger partial charge < -0.3 is 4.74 Å². The van der Waals surface area contributed by atoms with Gasteiger partial charge in [-0.1, -0.05) is 56.7 Å². The van der Waals surface area contributed by atoms with Crippen LogP contribution in [0.2, 0.25) is 5.02 Å². The Hall–Kier alpha value is -2.66. The minimum atomic E-state index is -0.483. The molecule has 2 aromatic carbocycles. The van der Waals surface area contributed by atoms with Gasteiger partial charge in [0.2, 0.25) is 0 Å². The van der Waals surface area contributed by atoms with Gasteiger partial charge in [0, 0.05) is 5.02 Å². The molecular weight excluding hydrogens is 402 g/mol. The zero-order valence-corrected chi connectivity index (χ0v) is 18.1. The molecule has 158 valence electrons. The van der Waals surface area contributed by atoms with Gasteiger partial charge in [-0.25, -0.2) is 9.69 Å². The van der Waals surface area contributed by atoms with Gasteiger partial charge in [-0.15, -0.1) is 0 Å². The molecule has 1 heterocycles. The van der Waals surface area contributed by atoms with E-state index in [1.807, 2.05) is 6.92 Å². The molecule has 0 saturated carbocycles. The summed E-state index contributed by atoms with van der Waals surface area (Å²) in [6.07, 6.45) is 6.61. The van der Waals surface area contributed by atoms with E-state index in [0.29, 0.717) is 17.3 Å². The summed E-state index contributed by atoms with van der Waals surface area (Å²) >= 11 is 6.15. The number of halogens is 1. The van der Waals surface area contributed by atoms with Crippen LogP contribution in [0.5, 0.6) is 0 Å². The predicted molar refractivity (Wildman–Crippen MR) is 117 cm³/mol. The number of carbonyl (C=O) groups is 3. The topological polar surface area (TPSA) is 63.7 Å². The van der Waals surface area contributed by atoms with Crippen LogP contribution in [0.15, 0.2) is 36.4 Å². The SMILES string of the molecule is CCCCCCCCOC(=O)c1ccc2c(c1)C(=O)N(c1ccc(C)c(Cl)c1)C2=O. The second-order valence-corrected chi connectivity index (χ2v) is 7.95. The van der Waals surface area contributed by atoms with E-state index in [1.165, 1.54) is 37.5 Å². The van der Waals surface area contributed by atoms with Crippen molar-refractivity contribution in [3.63, 3.8) is 0 Å². The number of rotatable bonds is 9. The zero-order valence-electron chi connectivity index (χ0n) is 17.4. The summed E-state index contributed by atoms with van der Waals surface area (Å²) in [5.74, 6) is -1.38. The first kappa shape index (κ1) is 22.0. The maximum atomic E-state index is 12.9. The lowest BCUT2D eigenvalue weighted by Crippen LogP contribution is -2.29. The monoisotopic (exact) mass is 427 g/mol. The number of hydrogen-bond donors (Lipinski definition) is 0.